The summed E-state index contributed by atoms with van der Waals surface area (Å²) in [5.41, 5.74) is 1.14. The van der Waals surface area contributed by atoms with Gasteiger partial charge in [0.1, 0.15) is 11.4 Å². The van der Waals surface area contributed by atoms with E-state index in [0.717, 1.165) is 12.2 Å². The number of rotatable bonds is 4. The van der Waals surface area contributed by atoms with Crippen molar-refractivity contribution in [3.8, 4) is 5.75 Å². The van der Waals surface area contributed by atoms with Crippen LogP contribution < -0.4 is 4.74 Å². The lowest BCUT2D eigenvalue weighted by Crippen LogP contribution is -2.22. The number of hydrogen-bond donors (Lipinski definition) is 1. The van der Waals surface area contributed by atoms with Crippen LogP contribution in [0.5, 0.6) is 5.75 Å². The predicted octanol–water partition coefficient (Wildman–Crippen LogP) is 4.48. The Bertz CT molecular complexity index is 579. The first kappa shape index (κ1) is 18.9. The van der Waals surface area contributed by atoms with Crippen molar-refractivity contribution >= 4 is 5.78 Å². The third-order valence-corrected chi connectivity index (χ3v) is 2.80. The van der Waals surface area contributed by atoms with Crippen LogP contribution in [0.25, 0.3) is 0 Å². The summed E-state index contributed by atoms with van der Waals surface area (Å²) < 4.78 is 5.73. The first-order valence-electron chi connectivity index (χ1n) is 7.87. The van der Waals surface area contributed by atoms with Gasteiger partial charge in [-0.2, -0.15) is 0 Å². The minimum atomic E-state index is -0.231. The predicted molar refractivity (Wildman–Crippen MR) is 94.1 cm³/mol. The second kappa shape index (κ2) is 9.11. The molecule has 0 atom stereocenters. The van der Waals surface area contributed by atoms with Crippen LogP contribution in [0.2, 0.25) is 0 Å². The molecule has 0 aliphatic heterocycles. The van der Waals surface area contributed by atoms with Gasteiger partial charge in [0.15, 0.2) is 5.78 Å². The molecule has 0 saturated carbocycles. The molecule has 0 aromatic heterocycles. The maximum Gasteiger partial charge on any atom is 0.193 e. The van der Waals surface area contributed by atoms with Gasteiger partial charge < -0.3 is 9.84 Å². The SMILES string of the molecule is CC(C)(C)Oc1ccc(C(=O)c2ccccc2)cc1.CCCO. The monoisotopic (exact) mass is 314 g/mol. The molecule has 0 bridgehead atoms. The maximum absolute atomic E-state index is 12.2. The van der Waals surface area contributed by atoms with Crippen molar-refractivity contribution in [1.82, 2.24) is 0 Å². The van der Waals surface area contributed by atoms with Crippen LogP contribution in [-0.2, 0) is 0 Å². The fourth-order valence-corrected chi connectivity index (χ4v) is 1.78. The normalized spacial score (nSPS) is 10.5. The fraction of sp³-hybridized carbons (Fsp3) is 0.350. The highest BCUT2D eigenvalue weighted by atomic mass is 16.5. The molecule has 0 saturated heterocycles. The molecule has 124 valence electrons. The number of carbonyl (C=O) groups is 1. The van der Waals surface area contributed by atoms with Crippen molar-refractivity contribution in [1.29, 1.82) is 0 Å². The van der Waals surface area contributed by atoms with Crippen molar-refractivity contribution in [2.24, 2.45) is 0 Å². The number of aliphatic hydroxyl groups is 1. The van der Waals surface area contributed by atoms with Gasteiger partial charge in [-0.25, -0.2) is 0 Å². The van der Waals surface area contributed by atoms with E-state index in [2.05, 4.69) is 0 Å². The van der Waals surface area contributed by atoms with Gasteiger partial charge in [-0.15, -0.1) is 0 Å². The summed E-state index contributed by atoms with van der Waals surface area (Å²) in [6.07, 6.45) is 0.875. The van der Waals surface area contributed by atoms with Crippen LogP contribution in [0.3, 0.4) is 0 Å². The van der Waals surface area contributed by atoms with Gasteiger partial charge in [0.2, 0.25) is 0 Å². The Hall–Kier alpha value is -2.13. The van der Waals surface area contributed by atoms with Gasteiger partial charge in [-0.05, 0) is 51.5 Å². The van der Waals surface area contributed by atoms with Crippen molar-refractivity contribution in [3.63, 3.8) is 0 Å². The van der Waals surface area contributed by atoms with Crippen LogP contribution in [0.4, 0.5) is 0 Å². The van der Waals surface area contributed by atoms with Gasteiger partial charge in [-0.1, -0.05) is 37.3 Å². The summed E-state index contributed by atoms with van der Waals surface area (Å²) in [4.78, 5) is 12.2. The van der Waals surface area contributed by atoms with E-state index in [1.807, 2.05) is 70.2 Å². The number of aliphatic hydroxyl groups excluding tert-OH is 1. The van der Waals surface area contributed by atoms with Gasteiger partial charge in [-0.3, -0.25) is 4.79 Å². The summed E-state index contributed by atoms with van der Waals surface area (Å²) >= 11 is 0. The van der Waals surface area contributed by atoms with E-state index in [1.54, 1.807) is 12.1 Å². The second-order valence-corrected chi connectivity index (χ2v) is 6.16. The summed E-state index contributed by atoms with van der Waals surface area (Å²) in [5, 5.41) is 7.88. The van der Waals surface area contributed by atoms with Gasteiger partial charge in [0.25, 0.3) is 0 Å². The lowest BCUT2D eigenvalue weighted by Gasteiger charge is -2.21. The Morgan fingerprint density at radius 2 is 1.43 bits per heavy atom. The molecule has 0 unspecified atom stereocenters. The quantitative estimate of drug-likeness (QED) is 0.846. The molecule has 0 spiro atoms. The first-order chi connectivity index (χ1) is 10.9. The average molecular weight is 314 g/mol. The molecule has 1 N–H and O–H groups in total. The summed E-state index contributed by atoms with van der Waals surface area (Å²) in [6, 6.07) is 16.5. The molecule has 2 rings (SSSR count). The number of benzene rings is 2. The molecule has 0 radical (unpaired) electrons. The van der Waals surface area contributed by atoms with E-state index in [-0.39, 0.29) is 11.4 Å². The topological polar surface area (TPSA) is 46.5 Å². The molecule has 2 aromatic rings. The fourth-order valence-electron chi connectivity index (χ4n) is 1.78. The zero-order valence-corrected chi connectivity index (χ0v) is 14.4. The van der Waals surface area contributed by atoms with Crippen LogP contribution in [0.15, 0.2) is 54.6 Å². The van der Waals surface area contributed by atoms with Crippen molar-refractivity contribution < 1.29 is 14.6 Å². The van der Waals surface area contributed by atoms with E-state index in [1.165, 1.54) is 0 Å². The molecule has 3 nitrogen and oxygen atoms in total. The van der Waals surface area contributed by atoms with Gasteiger partial charge >= 0.3 is 0 Å². The zero-order valence-electron chi connectivity index (χ0n) is 14.4. The van der Waals surface area contributed by atoms with E-state index in [9.17, 15) is 4.79 Å². The van der Waals surface area contributed by atoms with E-state index in [4.69, 9.17) is 9.84 Å². The number of ether oxygens (including phenoxy) is 1. The van der Waals surface area contributed by atoms with Crippen LogP contribution in [0.1, 0.15) is 50.0 Å². The lowest BCUT2D eigenvalue weighted by atomic mass is 10.0. The number of hydrogen-bond acceptors (Lipinski definition) is 3. The zero-order chi connectivity index (χ0) is 17.3. The molecule has 0 fully saturated rings. The van der Waals surface area contributed by atoms with Crippen LogP contribution in [-0.4, -0.2) is 23.1 Å². The smallest absolute Gasteiger partial charge is 0.193 e. The van der Waals surface area contributed by atoms with Crippen LogP contribution in [0, 0.1) is 0 Å². The lowest BCUT2D eigenvalue weighted by molar-refractivity contribution is 0.103. The Morgan fingerprint density at radius 1 is 0.957 bits per heavy atom. The third kappa shape index (κ3) is 7.11. The van der Waals surface area contributed by atoms with Crippen molar-refractivity contribution in [3.05, 3.63) is 65.7 Å². The second-order valence-electron chi connectivity index (χ2n) is 6.16. The third-order valence-electron chi connectivity index (χ3n) is 2.80. The maximum atomic E-state index is 12.2. The molecule has 0 aliphatic rings. The number of carbonyl (C=O) groups excluding carboxylic acids is 1. The molecular weight excluding hydrogens is 288 g/mol. The molecule has 0 heterocycles. The van der Waals surface area contributed by atoms with Crippen molar-refractivity contribution in [2.75, 3.05) is 6.61 Å². The van der Waals surface area contributed by atoms with Gasteiger partial charge in [0, 0.05) is 17.7 Å². The summed E-state index contributed by atoms with van der Waals surface area (Å²) in [7, 11) is 0. The molecule has 2 aromatic carbocycles. The summed E-state index contributed by atoms with van der Waals surface area (Å²) in [5.74, 6) is 0.806. The Morgan fingerprint density at radius 3 is 1.87 bits per heavy atom. The summed E-state index contributed by atoms with van der Waals surface area (Å²) in [6.45, 7) is 8.24. The molecule has 3 heteroatoms. The minimum absolute atomic E-state index is 0.0305. The highest BCUT2D eigenvalue weighted by Gasteiger charge is 2.13. The number of ketones is 1. The van der Waals surface area contributed by atoms with E-state index < -0.39 is 0 Å². The average Bonchev–Trinajstić information content (AvgIpc) is 2.54. The largest absolute Gasteiger partial charge is 0.488 e. The van der Waals surface area contributed by atoms with E-state index in [0.29, 0.717) is 17.7 Å². The minimum Gasteiger partial charge on any atom is -0.488 e. The highest BCUT2D eigenvalue weighted by molar-refractivity contribution is 6.08. The Balaban J connectivity index is 0.000000593. The Kier molecular flexibility index (Phi) is 7.49. The van der Waals surface area contributed by atoms with Crippen molar-refractivity contribution in [2.45, 2.75) is 39.7 Å². The Labute approximate surface area is 138 Å². The van der Waals surface area contributed by atoms with E-state index >= 15 is 0 Å². The first-order valence-corrected chi connectivity index (χ1v) is 7.87. The molecular formula is C20H26O3. The van der Waals surface area contributed by atoms with Gasteiger partial charge in [0.05, 0.1) is 0 Å². The standard InChI is InChI=1S/C17H18O2.C3H8O/c1-17(2,3)19-15-11-9-14(10-12-15)16(18)13-7-5-4-6-8-13;1-2-3-4/h4-12H,1-3H3;4H,2-3H2,1H3. The molecule has 0 aliphatic carbocycles. The van der Waals surface area contributed by atoms with Crippen LogP contribution >= 0.6 is 0 Å². The highest BCUT2D eigenvalue weighted by Crippen LogP contribution is 2.19. The molecule has 23 heavy (non-hydrogen) atoms. The molecule has 0 amide bonds.